The van der Waals surface area contributed by atoms with Crippen molar-refractivity contribution in [2.45, 2.75) is 17.1 Å². The van der Waals surface area contributed by atoms with Gasteiger partial charge in [-0.1, -0.05) is 34.8 Å². The summed E-state index contributed by atoms with van der Waals surface area (Å²) in [6.07, 6.45) is 0.829. The van der Waals surface area contributed by atoms with E-state index >= 15 is 0 Å². The van der Waals surface area contributed by atoms with Gasteiger partial charge in [0.1, 0.15) is 0 Å². The summed E-state index contributed by atoms with van der Waals surface area (Å²) < 4.78 is 8.92. The molecule has 1 fully saturated rings. The second-order valence-electron chi connectivity index (χ2n) is 4.86. The van der Waals surface area contributed by atoms with Crippen LogP contribution in [0.5, 0.6) is 0 Å². The highest BCUT2D eigenvalue weighted by atomic mass is 35.6. The van der Waals surface area contributed by atoms with E-state index in [1.807, 2.05) is 11.8 Å². The predicted octanol–water partition coefficient (Wildman–Crippen LogP) is 2.37. The first-order chi connectivity index (χ1) is 11.0. The zero-order chi connectivity index (χ0) is 16.7. The summed E-state index contributed by atoms with van der Waals surface area (Å²) in [6.45, 7) is 6.59. The molecule has 2 rings (SSSR count). The summed E-state index contributed by atoms with van der Waals surface area (Å²) in [5.41, 5.74) is 0. The van der Waals surface area contributed by atoms with Crippen LogP contribution < -0.4 is 10.2 Å². The van der Waals surface area contributed by atoms with Crippen molar-refractivity contribution in [2.24, 2.45) is 0 Å². The van der Waals surface area contributed by atoms with Gasteiger partial charge in [0, 0.05) is 32.8 Å². The lowest BCUT2D eigenvalue weighted by Gasteiger charge is -2.27. The van der Waals surface area contributed by atoms with Crippen LogP contribution in [0.3, 0.4) is 0 Å². The molecule has 1 aromatic heterocycles. The van der Waals surface area contributed by atoms with Gasteiger partial charge in [0.15, 0.2) is 5.82 Å². The Morgan fingerprint density at radius 2 is 1.96 bits per heavy atom. The normalized spacial score (nSPS) is 15.7. The first-order valence-corrected chi connectivity index (χ1v) is 8.61. The van der Waals surface area contributed by atoms with Crippen molar-refractivity contribution < 1.29 is 9.47 Å². The van der Waals surface area contributed by atoms with Crippen LogP contribution in [0.4, 0.5) is 11.9 Å². The van der Waals surface area contributed by atoms with Gasteiger partial charge in [-0.15, -0.1) is 0 Å². The molecule has 23 heavy (non-hydrogen) atoms. The molecule has 0 bridgehead atoms. The van der Waals surface area contributed by atoms with E-state index in [-0.39, 0.29) is 5.82 Å². The molecule has 7 nitrogen and oxygen atoms in total. The molecule has 10 heteroatoms. The molecule has 2 heterocycles. The van der Waals surface area contributed by atoms with Gasteiger partial charge < -0.3 is 19.7 Å². The molecule has 0 aromatic carbocycles. The smallest absolute Gasteiger partial charge is 0.250 e. The quantitative estimate of drug-likeness (QED) is 0.571. The fourth-order valence-corrected chi connectivity index (χ4v) is 2.25. The van der Waals surface area contributed by atoms with Crippen LogP contribution in [0.25, 0.3) is 0 Å². The monoisotopic (exact) mass is 383 g/mol. The predicted molar refractivity (Wildman–Crippen MR) is 91.7 cm³/mol. The van der Waals surface area contributed by atoms with Gasteiger partial charge in [0.2, 0.25) is 15.7 Å². The summed E-state index contributed by atoms with van der Waals surface area (Å²) in [5.74, 6) is 0.975. The lowest BCUT2D eigenvalue weighted by atomic mass is 10.4. The number of hydrogen-bond donors (Lipinski definition) is 1. The first kappa shape index (κ1) is 18.7. The van der Waals surface area contributed by atoms with E-state index in [9.17, 15) is 0 Å². The van der Waals surface area contributed by atoms with Gasteiger partial charge in [-0.05, 0) is 13.3 Å². The van der Waals surface area contributed by atoms with Gasteiger partial charge >= 0.3 is 0 Å². The van der Waals surface area contributed by atoms with E-state index < -0.39 is 3.79 Å². The van der Waals surface area contributed by atoms with Gasteiger partial charge in [-0.2, -0.15) is 15.0 Å². The number of aromatic nitrogens is 3. The van der Waals surface area contributed by atoms with Crippen molar-refractivity contribution in [3.8, 4) is 0 Å². The number of hydrogen-bond acceptors (Lipinski definition) is 7. The highest BCUT2D eigenvalue weighted by Crippen LogP contribution is 2.36. The molecular weight excluding hydrogens is 365 g/mol. The van der Waals surface area contributed by atoms with Crippen molar-refractivity contribution in [1.29, 1.82) is 0 Å². The fraction of sp³-hybridized carbons (Fsp3) is 0.769. The maximum atomic E-state index is 5.93. The van der Waals surface area contributed by atoms with E-state index in [1.165, 1.54) is 0 Å². The molecule has 0 spiro atoms. The Morgan fingerprint density at radius 3 is 2.61 bits per heavy atom. The van der Waals surface area contributed by atoms with Gasteiger partial charge in [0.25, 0.3) is 0 Å². The van der Waals surface area contributed by atoms with Gasteiger partial charge in [0.05, 0.1) is 13.2 Å². The van der Waals surface area contributed by atoms with E-state index in [0.29, 0.717) is 58.0 Å². The van der Waals surface area contributed by atoms with Crippen molar-refractivity contribution in [3.63, 3.8) is 0 Å². The molecule has 0 atom stereocenters. The second-order valence-corrected chi connectivity index (χ2v) is 7.14. The third kappa shape index (κ3) is 6.08. The Morgan fingerprint density at radius 1 is 1.22 bits per heavy atom. The highest BCUT2D eigenvalue weighted by Gasteiger charge is 2.29. The molecule has 0 saturated carbocycles. The van der Waals surface area contributed by atoms with Crippen LogP contribution >= 0.6 is 34.8 Å². The van der Waals surface area contributed by atoms with Crippen LogP contribution in [0, 0.1) is 0 Å². The van der Waals surface area contributed by atoms with E-state index in [2.05, 4.69) is 20.3 Å². The maximum Gasteiger partial charge on any atom is 0.250 e. The molecule has 0 aliphatic carbocycles. The zero-order valence-electron chi connectivity index (χ0n) is 12.9. The molecule has 1 aromatic rings. The molecule has 1 aliphatic heterocycles. The average Bonchev–Trinajstić information content (AvgIpc) is 2.54. The van der Waals surface area contributed by atoms with Crippen molar-refractivity contribution >= 4 is 46.7 Å². The number of alkyl halides is 3. The molecule has 0 unspecified atom stereocenters. The van der Waals surface area contributed by atoms with Crippen LogP contribution in [0.15, 0.2) is 0 Å². The number of halogens is 3. The number of ether oxygens (including phenoxy) is 2. The molecule has 0 radical (unpaired) electrons. The number of morpholine rings is 1. The molecule has 1 N–H and O–H groups in total. The van der Waals surface area contributed by atoms with Crippen LogP contribution in [-0.2, 0) is 13.3 Å². The largest absolute Gasteiger partial charge is 0.382 e. The van der Waals surface area contributed by atoms with Crippen molar-refractivity contribution in [1.82, 2.24) is 15.0 Å². The summed E-state index contributed by atoms with van der Waals surface area (Å²) >= 11 is 17.8. The number of nitrogens with zero attached hydrogens (tertiary/aromatic N) is 4. The molecule has 1 saturated heterocycles. The van der Waals surface area contributed by atoms with E-state index in [0.717, 1.165) is 6.42 Å². The topological polar surface area (TPSA) is 72.4 Å². The molecular formula is C13H20Cl3N5O2. The number of rotatable bonds is 7. The summed E-state index contributed by atoms with van der Waals surface area (Å²) in [7, 11) is 0. The van der Waals surface area contributed by atoms with Crippen molar-refractivity contribution in [2.75, 3.05) is 56.3 Å². The first-order valence-electron chi connectivity index (χ1n) is 7.48. The fourth-order valence-electron chi connectivity index (χ4n) is 1.99. The Bertz CT molecular complexity index is 495. The Kier molecular flexibility index (Phi) is 7.36. The minimum atomic E-state index is -1.70. The van der Waals surface area contributed by atoms with E-state index in [4.69, 9.17) is 44.3 Å². The third-order valence-corrected chi connectivity index (χ3v) is 3.63. The minimum Gasteiger partial charge on any atom is -0.382 e. The molecule has 0 amide bonds. The number of nitrogens with one attached hydrogen (secondary N) is 1. The number of anilines is 2. The second kappa shape index (κ2) is 9.03. The molecule has 130 valence electrons. The van der Waals surface area contributed by atoms with Crippen LogP contribution in [0.1, 0.15) is 19.2 Å². The van der Waals surface area contributed by atoms with Crippen LogP contribution in [-0.4, -0.2) is 61.0 Å². The molecule has 1 aliphatic rings. The summed E-state index contributed by atoms with van der Waals surface area (Å²) in [4.78, 5) is 14.9. The standard InChI is InChI=1S/C13H20Cl3N5O2/c1-2-22-7-3-4-17-11-18-10(13(14,15)16)19-12(20-11)21-5-8-23-9-6-21/h2-9H2,1H3,(H,17,18,19,20). The van der Waals surface area contributed by atoms with E-state index in [1.54, 1.807) is 0 Å². The lowest BCUT2D eigenvalue weighted by Crippen LogP contribution is -2.38. The maximum absolute atomic E-state index is 5.93. The van der Waals surface area contributed by atoms with Gasteiger partial charge in [-0.3, -0.25) is 0 Å². The zero-order valence-corrected chi connectivity index (χ0v) is 15.2. The summed E-state index contributed by atoms with van der Waals surface area (Å²) in [6, 6.07) is 0. The Balaban J connectivity index is 2.09. The minimum absolute atomic E-state index is 0.103. The Labute approximate surface area is 150 Å². The Hall–Kier alpha value is -0.600. The summed E-state index contributed by atoms with van der Waals surface area (Å²) in [5, 5.41) is 3.12. The third-order valence-electron chi connectivity index (χ3n) is 3.12. The SMILES string of the molecule is CCOCCCNc1nc(N2CCOCC2)nc(C(Cl)(Cl)Cl)n1. The highest BCUT2D eigenvalue weighted by molar-refractivity contribution is 6.66. The van der Waals surface area contributed by atoms with Crippen LogP contribution in [0.2, 0.25) is 0 Å². The van der Waals surface area contributed by atoms with Gasteiger partial charge in [-0.25, -0.2) is 0 Å². The van der Waals surface area contributed by atoms with Crippen molar-refractivity contribution in [3.05, 3.63) is 5.82 Å². The lowest BCUT2D eigenvalue weighted by molar-refractivity contribution is 0.122. The average molecular weight is 385 g/mol.